The third-order valence-corrected chi connectivity index (χ3v) is 3.68. The van der Waals surface area contributed by atoms with Crippen LogP contribution in [-0.4, -0.2) is 62.2 Å². The van der Waals surface area contributed by atoms with E-state index in [1.54, 1.807) is 36.9 Å². The van der Waals surface area contributed by atoms with Gasteiger partial charge < -0.3 is 14.7 Å². The summed E-state index contributed by atoms with van der Waals surface area (Å²) in [5.74, 6) is -1.29. The van der Waals surface area contributed by atoms with Crippen LogP contribution in [0.3, 0.4) is 0 Å². The van der Waals surface area contributed by atoms with Crippen molar-refractivity contribution in [1.29, 1.82) is 0 Å². The van der Waals surface area contributed by atoms with E-state index in [1.165, 1.54) is 4.90 Å². The largest absolute Gasteiger partial charge is 0.479 e. The molecule has 22 heavy (non-hydrogen) atoms. The van der Waals surface area contributed by atoms with Crippen LogP contribution < -0.4 is 0 Å². The fourth-order valence-electron chi connectivity index (χ4n) is 2.61. The molecule has 1 aliphatic rings. The Bertz CT molecular complexity index is 742. The molecule has 1 unspecified atom stereocenters. The summed E-state index contributed by atoms with van der Waals surface area (Å²) in [5, 5.41) is 17.0. The van der Waals surface area contributed by atoms with Gasteiger partial charge in [0.25, 0.3) is 5.91 Å². The van der Waals surface area contributed by atoms with E-state index in [9.17, 15) is 9.59 Å². The number of amides is 1. The van der Waals surface area contributed by atoms with Crippen molar-refractivity contribution in [3.8, 4) is 0 Å². The molecule has 116 valence electrons. The van der Waals surface area contributed by atoms with Crippen LogP contribution in [0.5, 0.6) is 0 Å². The SMILES string of the molecule is C[C@@H]1CN(C(=O)c2ccc3c(c2)nnn3C)CC(C(=O)O)O1. The third kappa shape index (κ3) is 2.52. The summed E-state index contributed by atoms with van der Waals surface area (Å²) in [6.07, 6.45) is -1.31. The van der Waals surface area contributed by atoms with Crippen molar-refractivity contribution in [3.05, 3.63) is 23.8 Å². The van der Waals surface area contributed by atoms with Crippen LogP contribution in [0.25, 0.3) is 11.0 Å². The van der Waals surface area contributed by atoms with Crippen molar-refractivity contribution in [3.63, 3.8) is 0 Å². The van der Waals surface area contributed by atoms with Crippen LogP contribution in [-0.2, 0) is 16.6 Å². The first-order valence-corrected chi connectivity index (χ1v) is 6.92. The maximum absolute atomic E-state index is 12.6. The minimum absolute atomic E-state index is 0.0387. The quantitative estimate of drug-likeness (QED) is 0.856. The van der Waals surface area contributed by atoms with Gasteiger partial charge in [-0.25, -0.2) is 9.48 Å². The average molecular weight is 304 g/mol. The lowest BCUT2D eigenvalue weighted by atomic mass is 10.1. The highest BCUT2D eigenvalue weighted by Crippen LogP contribution is 2.18. The number of carboxylic acid groups (broad SMARTS) is 1. The molecule has 2 aromatic rings. The smallest absolute Gasteiger partial charge is 0.334 e. The summed E-state index contributed by atoms with van der Waals surface area (Å²) in [6, 6.07) is 5.14. The number of rotatable bonds is 2. The van der Waals surface area contributed by atoms with Crippen molar-refractivity contribution in [2.45, 2.75) is 19.1 Å². The second-order valence-electron chi connectivity index (χ2n) is 5.40. The molecule has 1 aromatic heterocycles. The molecule has 1 amide bonds. The number of nitrogens with zero attached hydrogens (tertiary/aromatic N) is 4. The first kappa shape index (κ1) is 14.5. The Kier molecular flexibility index (Phi) is 3.53. The Morgan fingerprint density at radius 3 is 2.86 bits per heavy atom. The molecule has 0 aliphatic carbocycles. The van der Waals surface area contributed by atoms with Gasteiger partial charge in [-0.3, -0.25) is 4.79 Å². The molecule has 0 saturated carbocycles. The molecule has 0 radical (unpaired) electrons. The molecule has 1 saturated heterocycles. The molecule has 2 atom stereocenters. The lowest BCUT2D eigenvalue weighted by Crippen LogP contribution is -2.51. The number of ether oxygens (including phenoxy) is 1. The van der Waals surface area contributed by atoms with Gasteiger partial charge in [-0.1, -0.05) is 5.21 Å². The normalized spacial score (nSPS) is 22.0. The minimum atomic E-state index is -1.06. The van der Waals surface area contributed by atoms with Crippen LogP contribution >= 0.6 is 0 Å². The zero-order valence-corrected chi connectivity index (χ0v) is 12.3. The number of hydrogen-bond donors (Lipinski definition) is 1. The molecule has 1 aromatic carbocycles. The average Bonchev–Trinajstić information content (AvgIpc) is 2.86. The Morgan fingerprint density at radius 2 is 2.14 bits per heavy atom. The second-order valence-corrected chi connectivity index (χ2v) is 5.40. The molecule has 8 nitrogen and oxygen atoms in total. The van der Waals surface area contributed by atoms with Crippen molar-refractivity contribution >= 4 is 22.9 Å². The molecule has 1 fully saturated rings. The highest BCUT2D eigenvalue weighted by molar-refractivity contribution is 5.97. The van der Waals surface area contributed by atoms with Gasteiger partial charge in [0.1, 0.15) is 5.52 Å². The van der Waals surface area contributed by atoms with Gasteiger partial charge in [0.05, 0.1) is 18.2 Å². The lowest BCUT2D eigenvalue weighted by Gasteiger charge is -2.34. The molecule has 3 rings (SSSR count). The first-order valence-electron chi connectivity index (χ1n) is 6.92. The predicted octanol–water partition coefficient (Wildman–Crippen LogP) is 0.282. The molecule has 8 heteroatoms. The molecule has 0 bridgehead atoms. The van der Waals surface area contributed by atoms with E-state index in [0.717, 1.165) is 5.52 Å². The topological polar surface area (TPSA) is 97.6 Å². The first-order chi connectivity index (χ1) is 10.5. The van der Waals surface area contributed by atoms with Gasteiger partial charge in [0.2, 0.25) is 0 Å². The van der Waals surface area contributed by atoms with Gasteiger partial charge in [-0.2, -0.15) is 0 Å². The molecule has 0 spiro atoms. The Morgan fingerprint density at radius 1 is 1.36 bits per heavy atom. The van der Waals surface area contributed by atoms with E-state index in [4.69, 9.17) is 9.84 Å². The van der Waals surface area contributed by atoms with Gasteiger partial charge in [-0.15, -0.1) is 5.10 Å². The number of benzene rings is 1. The molecule has 1 N–H and O–H groups in total. The fraction of sp³-hybridized carbons (Fsp3) is 0.429. The Labute approximate surface area is 126 Å². The van der Waals surface area contributed by atoms with Crippen molar-refractivity contribution < 1.29 is 19.4 Å². The highest BCUT2D eigenvalue weighted by atomic mass is 16.5. The van der Waals surface area contributed by atoms with E-state index in [2.05, 4.69) is 10.3 Å². The number of aliphatic carboxylic acids is 1. The number of morpholine rings is 1. The highest BCUT2D eigenvalue weighted by Gasteiger charge is 2.33. The number of aromatic nitrogens is 3. The summed E-state index contributed by atoms with van der Waals surface area (Å²) in [5.41, 5.74) is 1.92. The van der Waals surface area contributed by atoms with Crippen molar-refractivity contribution in [2.24, 2.45) is 7.05 Å². The Balaban J connectivity index is 1.86. The monoisotopic (exact) mass is 304 g/mol. The molecular formula is C14H16N4O4. The summed E-state index contributed by atoms with van der Waals surface area (Å²) in [7, 11) is 1.78. The van der Waals surface area contributed by atoms with E-state index in [1.807, 2.05) is 0 Å². The van der Waals surface area contributed by atoms with Crippen LogP contribution in [0, 0.1) is 0 Å². The number of aryl methyl sites for hydroxylation is 1. The van der Waals surface area contributed by atoms with Gasteiger partial charge in [-0.05, 0) is 25.1 Å². The standard InChI is InChI=1S/C14H16N4O4/c1-8-6-18(7-12(22-8)14(20)21)13(19)9-3-4-11-10(5-9)15-16-17(11)2/h3-5,8,12H,6-7H2,1-2H3,(H,20,21)/t8-,12?/m1/s1. The van der Waals surface area contributed by atoms with Crippen LogP contribution in [0.2, 0.25) is 0 Å². The number of carboxylic acids is 1. The minimum Gasteiger partial charge on any atom is -0.479 e. The predicted molar refractivity (Wildman–Crippen MR) is 76.4 cm³/mol. The zero-order chi connectivity index (χ0) is 15.9. The Hall–Kier alpha value is -2.48. The summed E-state index contributed by atoms with van der Waals surface area (Å²) >= 11 is 0. The van der Waals surface area contributed by atoms with Crippen molar-refractivity contribution in [1.82, 2.24) is 19.9 Å². The zero-order valence-electron chi connectivity index (χ0n) is 12.3. The fourth-order valence-corrected chi connectivity index (χ4v) is 2.61. The maximum atomic E-state index is 12.6. The van der Waals surface area contributed by atoms with Gasteiger partial charge >= 0.3 is 5.97 Å². The van der Waals surface area contributed by atoms with Gasteiger partial charge in [0, 0.05) is 19.2 Å². The van der Waals surface area contributed by atoms with Crippen LogP contribution in [0.1, 0.15) is 17.3 Å². The van der Waals surface area contributed by atoms with E-state index in [0.29, 0.717) is 17.6 Å². The lowest BCUT2D eigenvalue weighted by molar-refractivity contribution is -0.160. The van der Waals surface area contributed by atoms with E-state index < -0.39 is 12.1 Å². The number of carbonyl (C=O) groups excluding carboxylic acids is 1. The summed E-state index contributed by atoms with van der Waals surface area (Å²) in [4.78, 5) is 25.2. The van der Waals surface area contributed by atoms with Crippen LogP contribution in [0.15, 0.2) is 18.2 Å². The van der Waals surface area contributed by atoms with Crippen molar-refractivity contribution in [2.75, 3.05) is 13.1 Å². The van der Waals surface area contributed by atoms with Gasteiger partial charge in [0.15, 0.2) is 6.10 Å². The van der Waals surface area contributed by atoms with Crippen LogP contribution in [0.4, 0.5) is 0 Å². The number of fused-ring (bicyclic) bond motifs is 1. The number of hydrogen-bond acceptors (Lipinski definition) is 5. The van der Waals surface area contributed by atoms with E-state index in [-0.39, 0.29) is 18.6 Å². The summed E-state index contributed by atoms with van der Waals surface area (Å²) < 4.78 is 6.94. The molecule has 2 heterocycles. The molecular weight excluding hydrogens is 288 g/mol. The van der Waals surface area contributed by atoms with E-state index >= 15 is 0 Å². The molecule has 1 aliphatic heterocycles. The number of carbonyl (C=O) groups is 2. The summed E-state index contributed by atoms with van der Waals surface area (Å²) in [6.45, 7) is 2.15. The third-order valence-electron chi connectivity index (χ3n) is 3.68. The maximum Gasteiger partial charge on any atom is 0.334 e. The second kappa shape index (κ2) is 5.38.